The van der Waals surface area contributed by atoms with Gasteiger partial charge in [-0.25, -0.2) is 9.59 Å². The fourth-order valence-electron chi connectivity index (χ4n) is 5.02. The molecule has 8 heteroatoms. The summed E-state index contributed by atoms with van der Waals surface area (Å²) in [4.78, 5) is 28.8. The van der Waals surface area contributed by atoms with Crippen LogP contribution in [-0.2, 0) is 23.7 Å². The van der Waals surface area contributed by atoms with E-state index in [1.165, 1.54) is 83.5 Å². The number of esters is 1. The summed E-state index contributed by atoms with van der Waals surface area (Å²) in [6.07, 6.45) is 20.4. The normalized spacial score (nSPS) is 17.4. The van der Waals surface area contributed by atoms with Gasteiger partial charge < -0.3 is 24.3 Å². The summed E-state index contributed by atoms with van der Waals surface area (Å²) in [5, 5.41) is 2.56. The number of carbonyl (C=O) groups excluding carboxylic acids is 2. The highest BCUT2D eigenvalue weighted by Crippen LogP contribution is 2.21. The molecule has 3 atom stereocenters. The molecule has 2 heterocycles. The van der Waals surface area contributed by atoms with Crippen LogP contribution in [0.1, 0.15) is 122 Å². The third-order valence-electron chi connectivity index (χ3n) is 7.33. The monoisotopic (exact) mass is 562 g/mol. The lowest BCUT2D eigenvalue weighted by Gasteiger charge is -2.17. The number of nitrogens with one attached hydrogen (secondary N) is 1. The lowest BCUT2D eigenvalue weighted by atomic mass is 10.0. The van der Waals surface area contributed by atoms with Crippen molar-refractivity contribution in [1.29, 1.82) is 0 Å². The third-order valence-corrected chi connectivity index (χ3v) is 7.33. The van der Waals surface area contributed by atoms with Gasteiger partial charge in [0.05, 0.1) is 31.6 Å². The van der Waals surface area contributed by atoms with Crippen LogP contribution >= 0.6 is 0 Å². The van der Waals surface area contributed by atoms with Crippen molar-refractivity contribution in [2.24, 2.45) is 5.92 Å². The molecule has 1 saturated heterocycles. The number of pyridine rings is 1. The van der Waals surface area contributed by atoms with Gasteiger partial charge in [-0.05, 0) is 31.9 Å². The van der Waals surface area contributed by atoms with Gasteiger partial charge in [-0.2, -0.15) is 0 Å². The average molecular weight is 563 g/mol. The van der Waals surface area contributed by atoms with E-state index in [0.29, 0.717) is 24.8 Å². The molecular weight excluding hydrogens is 508 g/mol. The van der Waals surface area contributed by atoms with Crippen LogP contribution in [-0.4, -0.2) is 56.2 Å². The number of unbranched alkanes of at least 4 members (excludes halogenated alkanes) is 13. The van der Waals surface area contributed by atoms with Crippen molar-refractivity contribution in [3.05, 3.63) is 30.1 Å². The second-order valence-electron chi connectivity index (χ2n) is 10.9. The Morgan fingerprint density at radius 3 is 2.15 bits per heavy atom. The van der Waals surface area contributed by atoms with Gasteiger partial charge in [-0.15, -0.1) is 0 Å². The minimum atomic E-state index is -1.02. The van der Waals surface area contributed by atoms with Gasteiger partial charge in [0, 0.05) is 18.7 Å². The molecule has 0 bridgehead atoms. The van der Waals surface area contributed by atoms with E-state index in [1.54, 1.807) is 31.3 Å². The first-order chi connectivity index (χ1) is 19.6. The highest BCUT2D eigenvalue weighted by Gasteiger charge is 2.29. The molecule has 1 aliphatic heterocycles. The molecule has 228 valence electrons. The molecule has 8 nitrogen and oxygen atoms in total. The average Bonchev–Trinajstić information content (AvgIpc) is 3.43. The predicted molar refractivity (Wildman–Crippen MR) is 157 cm³/mol. The van der Waals surface area contributed by atoms with Crippen LogP contribution < -0.4 is 5.32 Å². The maximum absolute atomic E-state index is 12.4. The molecule has 1 amide bonds. The summed E-state index contributed by atoms with van der Waals surface area (Å²) < 4.78 is 22.1. The van der Waals surface area contributed by atoms with Crippen LogP contribution in [0.3, 0.4) is 0 Å². The summed E-state index contributed by atoms with van der Waals surface area (Å²) in [6.45, 7) is 6.39. The fourth-order valence-corrected chi connectivity index (χ4v) is 5.02. The summed E-state index contributed by atoms with van der Waals surface area (Å²) in [5.41, 5.74) is 0.394. The molecule has 3 unspecified atom stereocenters. The molecule has 0 aliphatic carbocycles. The number of alkyl carbamates (subject to hydrolysis) is 1. The Kier molecular flexibility index (Phi) is 19.1. The number of hydrogen-bond donors (Lipinski definition) is 1. The highest BCUT2D eigenvalue weighted by molar-refractivity contribution is 5.82. The van der Waals surface area contributed by atoms with E-state index in [4.69, 9.17) is 18.9 Å². The lowest BCUT2D eigenvalue weighted by Crippen LogP contribution is -2.37. The number of amides is 1. The number of carbonyl (C=O) groups is 2. The Balaban J connectivity index is 1.44. The van der Waals surface area contributed by atoms with Crippen molar-refractivity contribution in [3.8, 4) is 0 Å². The Labute approximate surface area is 242 Å². The molecule has 1 N–H and O–H groups in total. The van der Waals surface area contributed by atoms with Crippen molar-refractivity contribution in [2.75, 3.05) is 33.0 Å². The van der Waals surface area contributed by atoms with Crippen LogP contribution in [0.4, 0.5) is 4.79 Å². The molecule has 1 aromatic heterocycles. The summed E-state index contributed by atoms with van der Waals surface area (Å²) in [5.74, 6) is -0.268. The minimum Gasteiger partial charge on any atom is -0.464 e. The van der Waals surface area contributed by atoms with Crippen molar-refractivity contribution in [1.82, 2.24) is 10.3 Å². The zero-order valence-corrected chi connectivity index (χ0v) is 25.1. The van der Waals surface area contributed by atoms with E-state index < -0.39 is 18.1 Å². The van der Waals surface area contributed by atoms with E-state index in [2.05, 4.69) is 17.2 Å². The van der Waals surface area contributed by atoms with Crippen LogP contribution in [0.5, 0.6) is 0 Å². The SMILES string of the molecule is CCCCCCCCCCCCCCCCOCC1COC(COC(=O)NC(C(=O)OCC)c2ccccn2)C1. The van der Waals surface area contributed by atoms with Crippen molar-refractivity contribution in [3.63, 3.8) is 0 Å². The number of nitrogens with zero attached hydrogens (tertiary/aromatic N) is 1. The molecule has 40 heavy (non-hydrogen) atoms. The first kappa shape index (κ1) is 34.0. The van der Waals surface area contributed by atoms with Crippen LogP contribution in [0.25, 0.3) is 0 Å². The Bertz CT molecular complexity index is 778. The van der Waals surface area contributed by atoms with Crippen molar-refractivity contribution >= 4 is 12.1 Å². The van der Waals surface area contributed by atoms with Gasteiger partial charge in [0.1, 0.15) is 6.61 Å². The Morgan fingerprint density at radius 1 is 0.900 bits per heavy atom. The van der Waals surface area contributed by atoms with E-state index in [9.17, 15) is 9.59 Å². The fraction of sp³-hybridized carbons (Fsp3) is 0.781. The molecule has 1 fully saturated rings. The lowest BCUT2D eigenvalue weighted by molar-refractivity contribution is -0.145. The molecular formula is C32H54N2O6. The number of ether oxygens (including phenoxy) is 4. The first-order valence-corrected chi connectivity index (χ1v) is 15.8. The van der Waals surface area contributed by atoms with Gasteiger partial charge in [0.15, 0.2) is 6.04 Å². The smallest absolute Gasteiger partial charge is 0.408 e. The molecule has 1 aromatic rings. The summed E-state index contributed by atoms with van der Waals surface area (Å²) >= 11 is 0. The van der Waals surface area contributed by atoms with Gasteiger partial charge in [-0.1, -0.05) is 96.5 Å². The molecule has 0 radical (unpaired) electrons. The molecule has 0 saturated carbocycles. The molecule has 0 aromatic carbocycles. The maximum Gasteiger partial charge on any atom is 0.408 e. The van der Waals surface area contributed by atoms with Crippen molar-refractivity contribution in [2.45, 2.75) is 122 Å². The Hall–Kier alpha value is -2.19. The largest absolute Gasteiger partial charge is 0.464 e. The van der Waals surface area contributed by atoms with Gasteiger partial charge in [0.2, 0.25) is 0 Å². The van der Waals surface area contributed by atoms with E-state index in [1.807, 2.05) is 0 Å². The number of rotatable bonds is 23. The first-order valence-electron chi connectivity index (χ1n) is 15.8. The minimum absolute atomic E-state index is 0.124. The van der Waals surface area contributed by atoms with E-state index in [0.717, 1.165) is 19.4 Å². The van der Waals surface area contributed by atoms with Gasteiger partial charge >= 0.3 is 12.1 Å². The zero-order valence-electron chi connectivity index (χ0n) is 25.1. The van der Waals surface area contributed by atoms with E-state index >= 15 is 0 Å². The molecule has 1 aliphatic rings. The Morgan fingerprint density at radius 2 is 1.55 bits per heavy atom. The molecule has 2 rings (SSSR count). The topological polar surface area (TPSA) is 96.0 Å². The second kappa shape index (κ2) is 22.5. The van der Waals surface area contributed by atoms with Crippen LogP contribution in [0, 0.1) is 5.92 Å². The predicted octanol–water partition coefficient (Wildman–Crippen LogP) is 7.32. The third kappa shape index (κ3) is 15.6. The van der Waals surface area contributed by atoms with E-state index in [-0.39, 0.29) is 19.3 Å². The highest BCUT2D eigenvalue weighted by atomic mass is 16.6. The van der Waals surface area contributed by atoms with Gasteiger partial charge in [-0.3, -0.25) is 4.98 Å². The second-order valence-corrected chi connectivity index (χ2v) is 10.9. The molecule has 0 spiro atoms. The standard InChI is InChI=1S/C32H54N2O6/c1-3-5-6-7-8-9-10-11-12-13-14-15-16-19-22-37-24-27-23-28(39-25-27)26-40-32(36)34-30(31(35)38-4-2)29-20-17-18-21-33-29/h17-18,20-21,27-28,30H,3-16,19,22-26H2,1-2H3,(H,34,36). The van der Waals surface area contributed by atoms with Crippen molar-refractivity contribution < 1.29 is 28.5 Å². The maximum atomic E-state index is 12.4. The van der Waals surface area contributed by atoms with Crippen LogP contribution in [0.2, 0.25) is 0 Å². The van der Waals surface area contributed by atoms with Crippen LogP contribution in [0.15, 0.2) is 24.4 Å². The summed E-state index contributed by atoms with van der Waals surface area (Å²) in [7, 11) is 0. The number of aromatic nitrogens is 1. The summed E-state index contributed by atoms with van der Waals surface area (Å²) in [6, 6.07) is 4.12. The quantitative estimate of drug-likeness (QED) is 0.110. The van der Waals surface area contributed by atoms with Gasteiger partial charge in [0.25, 0.3) is 0 Å². The number of hydrogen-bond acceptors (Lipinski definition) is 7. The zero-order chi connectivity index (χ0) is 28.7.